The van der Waals surface area contributed by atoms with Crippen LogP contribution in [0.25, 0.3) is 0 Å². The van der Waals surface area contributed by atoms with E-state index in [1.54, 1.807) is 24.3 Å². The summed E-state index contributed by atoms with van der Waals surface area (Å²) in [5.74, 6) is 0.685. The molecule has 2 aromatic rings. The highest BCUT2D eigenvalue weighted by Gasteiger charge is 2.11. The molecule has 0 saturated heterocycles. The number of benzene rings is 2. The second kappa shape index (κ2) is 6.24. The largest absolute Gasteiger partial charge is 0.484 e. The van der Waals surface area contributed by atoms with Gasteiger partial charge in [-0.05, 0) is 42.0 Å². The smallest absolute Gasteiger partial charge is 0.136 e. The maximum Gasteiger partial charge on any atom is 0.136 e. The van der Waals surface area contributed by atoms with Crippen LogP contribution >= 0.6 is 11.6 Å². The predicted octanol–water partition coefficient (Wildman–Crippen LogP) is 3.29. The van der Waals surface area contributed by atoms with Crippen molar-refractivity contribution < 1.29 is 4.74 Å². The van der Waals surface area contributed by atoms with E-state index in [2.05, 4.69) is 6.07 Å². The van der Waals surface area contributed by atoms with Crippen LogP contribution in [0.15, 0.2) is 48.5 Å². The van der Waals surface area contributed by atoms with E-state index in [1.807, 2.05) is 24.3 Å². The first-order valence-corrected chi connectivity index (χ1v) is 6.23. The van der Waals surface area contributed by atoms with Crippen molar-refractivity contribution in [1.82, 2.24) is 0 Å². The number of hydrogen-bond acceptors (Lipinski definition) is 3. The molecule has 0 radical (unpaired) electrons. The number of hydrogen-bond donors (Lipinski definition) is 1. The molecule has 0 amide bonds. The maximum absolute atomic E-state index is 8.74. The van der Waals surface area contributed by atoms with Gasteiger partial charge in [-0.1, -0.05) is 23.7 Å². The molecular formula is C15H13ClN2O. The van der Waals surface area contributed by atoms with Gasteiger partial charge in [0.1, 0.15) is 11.9 Å². The third-order valence-corrected chi connectivity index (χ3v) is 2.97. The van der Waals surface area contributed by atoms with E-state index < -0.39 is 0 Å². The number of rotatable bonds is 4. The quantitative estimate of drug-likeness (QED) is 0.929. The molecule has 0 aromatic heterocycles. The first-order valence-electron chi connectivity index (χ1n) is 5.85. The molecule has 0 aliphatic carbocycles. The molecule has 0 aliphatic rings. The van der Waals surface area contributed by atoms with Crippen LogP contribution in [-0.4, -0.2) is 6.54 Å². The van der Waals surface area contributed by atoms with Crippen LogP contribution < -0.4 is 10.5 Å². The molecule has 4 heteroatoms. The third kappa shape index (κ3) is 3.47. The van der Waals surface area contributed by atoms with Crippen molar-refractivity contribution in [2.24, 2.45) is 5.73 Å². The molecule has 0 heterocycles. The summed E-state index contributed by atoms with van der Waals surface area (Å²) in [4.78, 5) is 0. The Morgan fingerprint density at radius 3 is 2.26 bits per heavy atom. The van der Waals surface area contributed by atoms with E-state index >= 15 is 0 Å². The minimum absolute atomic E-state index is 0.231. The molecule has 2 rings (SSSR count). The van der Waals surface area contributed by atoms with Gasteiger partial charge in [-0.15, -0.1) is 0 Å². The van der Waals surface area contributed by atoms with Crippen LogP contribution in [0.1, 0.15) is 17.2 Å². The van der Waals surface area contributed by atoms with Gasteiger partial charge in [-0.25, -0.2) is 0 Å². The summed E-state index contributed by atoms with van der Waals surface area (Å²) in [5.41, 5.74) is 7.31. The molecule has 19 heavy (non-hydrogen) atoms. The summed E-state index contributed by atoms with van der Waals surface area (Å²) in [7, 11) is 0. The van der Waals surface area contributed by atoms with Crippen molar-refractivity contribution in [3.63, 3.8) is 0 Å². The van der Waals surface area contributed by atoms with E-state index in [9.17, 15) is 0 Å². The molecule has 2 N–H and O–H groups in total. The first-order chi connectivity index (χ1) is 9.22. The Labute approximate surface area is 117 Å². The maximum atomic E-state index is 8.74. The second-order valence-electron chi connectivity index (χ2n) is 4.03. The van der Waals surface area contributed by atoms with E-state index in [0.717, 1.165) is 5.56 Å². The van der Waals surface area contributed by atoms with Crippen molar-refractivity contribution in [3.8, 4) is 11.8 Å². The van der Waals surface area contributed by atoms with Gasteiger partial charge in [0.2, 0.25) is 0 Å². The standard InChI is InChI=1S/C15H13ClN2O/c16-13-5-3-12(4-6-13)15(10-18)19-14-7-1-11(9-17)2-8-14/h1-8,15H,10,18H2. The van der Waals surface area contributed by atoms with Crippen molar-refractivity contribution in [1.29, 1.82) is 5.26 Å². The minimum Gasteiger partial charge on any atom is -0.484 e. The molecular weight excluding hydrogens is 260 g/mol. The summed E-state index contributed by atoms with van der Waals surface area (Å²) >= 11 is 5.85. The van der Waals surface area contributed by atoms with Crippen molar-refractivity contribution in [2.75, 3.05) is 6.54 Å². The van der Waals surface area contributed by atoms with Crippen LogP contribution in [0.3, 0.4) is 0 Å². The van der Waals surface area contributed by atoms with E-state index in [-0.39, 0.29) is 6.10 Å². The van der Waals surface area contributed by atoms with Crippen LogP contribution in [0.5, 0.6) is 5.75 Å². The van der Waals surface area contributed by atoms with Gasteiger partial charge in [-0.3, -0.25) is 0 Å². The Balaban J connectivity index is 2.14. The molecule has 0 spiro atoms. The average Bonchev–Trinajstić information content (AvgIpc) is 2.46. The summed E-state index contributed by atoms with van der Waals surface area (Å²) in [6.45, 7) is 0.363. The van der Waals surface area contributed by atoms with Crippen LogP contribution in [0.4, 0.5) is 0 Å². The highest BCUT2D eigenvalue weighted by atomic mass is 35.5. The lowest BCUT2D eigenvalue weighted by Crippen LogP contribution is -2.18. The second-order valence-corrected chi connectivity index (χ2v) is 4.47. The summed E-state index contributed by atoms with van der Waals surface area (Å²) < 4.78 is 5.81. The fourth-order valence-corrected chi connectivity index (χ4v) is 1.83. The molecule has 1 unspecified atom stereocenters. The van der Waals surface area contributed by atoms with Crippen molar-refractivity contribution in [3.05, 3.63) is 64.7 Å². The molecule has 1 atom stereocenters. The zero-order chi connectivity index (χ0) is 13.7. The Hall–Kier alpha value is -2.02. The summed E-state index contributed by atoms with van der Waals surface area (Å²) in [6, 6.07) is 16.4. The van der Waals surface area contributed by atoms with E-state index in [4.69, 9.17) is 27.3 Å². The van der Waals surface area contributed by atoms with Gasteiger partial charge >= 0.3 is 0 Å². The Bertz CT molecular complexity index is 573. The Morgan fingerprint density at radius 2 is 1.74 bits per heavy atom. The minimum atomic E-state index is -0.231. The van der Waals surface area contributed by atoms with Gasteiger partial charge in [0, 0.05) is 11.6 Å². The molecule has 0 bridgehead atoms. The lowest BCUT2D eigenvalue weighted by Gasteiger charge is -2.18. The lowest BCUT2D eigenvalue weighted by atomic mass is 10.1. The molecule has 3 nitrogen and oxygen atoms in total. The average molecular weight is 273 g/mol. The number of halogens is 1. The molecule has 96 valence electrons. The van der Waals surface area contributed by atoms with Crippen molar-refractivity contribution in [2.45, 2.75) is 6.10 Å². The molecule has 0 fully saturated rings. The third-order valence-electron chi connectivity index (χ3n) is 2.72. The number of nitriles is 1. The lowest BCUT2D eigenvalue weighted by molar-refractivity contribution is 0.214. The van der Waals surface area contributed by atoms with E-state index in [1.165, 1.54) is 0 Å². The fraction of sp³-hybridized carbons (Fsp3) is 0.133. The summed E-state index contributed by atoms with van der Waals surface area (Å²) in [5, 5.41) is 9.42. The highest BCUT2D eigenvalue weighted by Crippen LogP contribution is 2.22. The SMILES string of the molecule is N#Cc1ccc(OC(CN)c2ccc(Cl)cc2)cc1. The monoisotopic (exact) mass is 272 g/mol. The normalized spacial score (nSPS) is 11.6. The Morgan fingerprint density at radius 1 is 1.11 bits per heavy atom. The highest BCUT2D eigenvalue weighted by molar-refractivity contribution is 6.30. The van der Waals surface area contributed by atoms with Gasteiger partial charge in [0.15, 0.2) is 0 Å². The molecule has 2 aromatic carbocycles. The van der Waals surface area contributed by atoms with Gasteiger partial charge in [0.25, 0.3) is 0 Å². The van der Waals surface area contributed by atoms with Gasteiger partial charge < -0.3 is 10.5 Å². The number of nitrogens with two attached hydrogens (primary N) is 1. The zero-order valence-electron chi connectivity index (χ0n) is 10.2. The van der Waals surface area contributed by atoms with E-state index in [0.29, 0.717) is 22.9 Å². The Kier molecular flexibility index (Phi) is 4.40. The molecule has 0 saturated carbocycles. The first kappa shape index (κ1) is 13.4. The summed E-state index contributed by atoms with van der Waals surface area (Å²) in [6.07, 6.45) is -0.231. The fourth-order valence-electron chi connectivity index (χ4n) is 1.70. The van der Waals surface area contributed by atoms with Crippen LogP contribution in [0.2, 0.25) is 5.02 Å². The van der Waals surface area contributed by atoms with Crippen LogP contribution in [0, 0.1) is 11.3 Å². The van der Waals surface area contributed by atoms with Crippen molar-refractivity contribution >= 4 is 11.6 Å². The predicted molar refractivity (Wildman–Crippen MR) is 75.0 cm³/mol. The molecule has 0 aliphatic heterocycles. The van der Waals surface area contributed by atoms with Gasteiger partial charge in [0.05, 0.1) is 11.6 Å². The number of ether oxygens (including phenoxy) is 1. The van der Waals surface area contributed by atoms with Gasteiger partial charge in [-0.2, -0.15) is 5.26 Å². The van der Waals surface area contributed by atoms with Crippen LogP contribution in [-0.2, 0) is 0 Å². The zero-order valence-corrected chi connectivity index (χ0v) is 11.0. The number of nitrogens with zero attached hydrogens (tertiary/aromatic N) is 1. The topological polar surface area (TPSA) is 59.0 Å².